The van der Waals surface area contributed by atoms with E-state index < -0.39 is 42.9 Å². The van der Waals surface area contributed by atoms with Gasteiger partial charge in [-0.25, -0.2) is 0 Å². The number of amides is 1. The van der Waals surface area contributed by atoms with Crippen LogP contribution in [-0.4, -0.2) is 64.1 Å². The number of aliphatic hydroxyl groups is 3. The Morgan fingerprint density at radius 3 is 2.48 bits per heavy atom. The van der Waals surface area contributed by atoms with Crippen molar-refractivity contribution in [2.24, 2.45) is 0 Å². The fourth-order valence-corrected chi connectivity index (χ4v) is 3.11. The van der Waals surface area contributed by atoms with Gasteiger partial charge >= 0.3 is 0 Å². The lowest BCUT2D eigenvalue weighted by Crippen LogP contribution is -2.66. The van der Waals surface area contributed by atoms with E-state index in [2.05, 4.69) is 5.32 Å². The van der Waals surface area contributed by atoms with E-state index in [1.807, 2.05) is 44.2 Å². The van der Waals surface area contributed by atoms with Crippen LogP contribution in [0.25, 0.3) is 0 Å². The topological polar surface area (TPSA) is 108 Å². The zero-order valence-electron chi connectivity index (χ0n) is 14.8. The van der Waals surface area contributed by atoms with Gasteiger partial charge in [-0.3, -0.25) is 4.79 Å². The Kier molecular flexibility index (Phi) is 6.53. The Morgan fingerprint density at radius 2 is 1.92 bits per heavy atom. The number of hydrogen-bond donors (Lipinski definition) is 4. The van der Waals surface area contributed by atoms with Crippen LogP contribution in [0.3, 0.4) is 0 Å². The van der Waals surface area contributed by atoms with Crippen LogP contribution in [0.1, 0.15) is 26.3 Å². The number of carbonyl (C=O) groups excluding carboxylic acids is 1. The van der Waals surface area contributed by atoms with Crippen molar-refractivity contribution in [1.29, 1.82) is 0 Å². The van der Waals surface area contributed by atoms with Gasteiger partial charge in [-0.2, -0.15) is 0 Å². The van der Waals surface area contributed by atoms with E-state index in [4.69, 9.17) is 9.47 Å². The molecule has 1 aliphatic heterocycles. The molecule has 4 N–H and O–H groups in total. The predicted octanol–water partition coefficient (Wildman–Crippen LogP) is -0.0320. The van der Waals surface area contributed by atoms with E-state index in [0.717, 1.165) is 5.56 Å². The number of aliphatic hydroxyl groups excluding tert-OH is 3. The van der Waals surface area contributed by atoms with Gasteiger partial charge in [0.05, 0.1) is 12.2 Å². The number of hydrogen-bond acceptors (Lipinski definition) is 6. The largest absolute Gasteiger partial charge is 0.394 e. The second-order valence-electron chi connectivity index (χ2n) is 6.97. The molecule has 0 bridgehead atoms. The maximum atomic E-state index is 11.5. The first-order chi connectivity index (χ1) is 11.7. The second kappa shape index (κ2) is 8.25. The van der Waals surface area contributed by atoms with E-state index in [-0.39, 0.29) is 5.91 Å². The molecule has 1 aromatic rings. The fraction of sp³-hybridized carbons (Fsp3) is 0.611. The molecule has 0 aliphatic carbocycles. The highest BCUT2D eigenvalue weighted by Gasteiger charge is 2.47. The van der Waals surface area contributed by atoms with Crippen molar-refractivity contribution in [3.05, 3.63) is 35.9 Å². The summed E-state index contributed by atoms with van der Waals surface area (Å²) in [4.78, 5) is 11.5. The molecule has 0 radical (unpaired) electrons. The first-order valence-corrected chi connectivity index (χ1v) is 8.35. The molecule has 1 fully saturated rings. The molecule has 0 spiro atoms. The third-order valence-electron chi connectivity index (χ3n) is 4.17. The van der Waals surface area contributed by atoms with Crippen molar-refractivity contribution in [1.82, 2.24) is 5.32 Å². The maximum absolute atomic E-state index is 11.5. The van der Waals surface area contributed by atoms with Crippen molar-refractivity contribution in [2.75, 3.05) is 6.61 Å². The molecule has 1 aliphatic rings. The highest BCUT2D eigenvalue weighted by atomic mass is 16.6. The zero-order valence-corrected chi connectivity index (χ0v) is 14.8. The van der Waals surface area contributed by atoms with Crippen molar-refractivity contribution >= 4 is 5.91 Å². The summed E-state index contributed by atoms with van der Waals surface area (Å²) in [6.07, 6.45) is -3.92. The lowest BCUT2D eigenvalue weighted by Gasteiger charge is -2.45. The number of benzene rings is 1. The van der Waals surface area contributed by atoms with Crippen molar-refractivity contribution < 1.29 is 29.6 Å². The molecule has 5 atom stereocenters. The van der Waals surface area contributed by atoms with E-state index >= 15 is 0 Å². The van der Waals surface area contributed by atoms with Crippen LogP contribution < -0.4 is 5.32 Å². The average molecular weight is 353 g/mol. The van der Waals surface area contributed by atoms with E-state index in [9.17, 15) is 20.1 Å². The maximum Gasteiger partial charge on any atom is 0.217 e. The standard InChI is InChI=1S/C18H27NO6/c1-11(21)19-14-16(15(22)13(10-20)24-17(14)23)25-18(2,3)9-12-7-5-4-6-8-12/h4-8,13-17,20,22-23H,9-10H2,1-3H3,(H,19,21)/t13-,14-,15-,16-,17+/m1/s1. The summed E-state index contributed by atoms with van der Waals surface area (Å²) < 4.78 is 11.3. The summed E-state index contributed by atoms with van der Waals surface area (Å²) in [7, 11) is 0. The summed E-state index contributed by atoms with van der Waals surface area (Å²) in [5.74, 6) is -0.378. The lowest BCUT2D eigenvalue weighted by atomic mass is 9.93. The van der Waals surface area contributed by atoms with Gasteiger partial charge in [-0.05, 0) is 19.4 Å². The Balaban J connectivity index is 2.18. The highest BCUT2D eigenvalue weighted by Crippen LogP contribution is 2.28. The third kappa shape index (κ3) is 5.23. The molecule has 0 saturated carbocycles. The van der Waals surface area contributed by atoms with Crippen molar-refractivity contribution in [2.45, 2.75) is 63.4 Å². The van der Waals surface area contributed by atoms with Gasteiger partial charge in [-0.15, -0.1) is 0 Å². The molecule has 1 heterocycles. The summed E-state index contributed by atoms with van der Waals surface area (Å²) in [6.45, 7) is 4.58. The van der Waals surface area contributed by atoms with Crippen LogP contribution >= 0.6 is 0 Å². The number of nitrogens with one attached hydrogen (secondary N) is 1. The lowest BCUT2D eigenvalue weighted by molar-refractivity contribution is -0.276. The average Bonchev–Trinajstić information content (AvgIpc) is 2.54. The molecule has 7 nitrogen and oxygen atoms in total. The minimum atomic E-state index is -1.39. The molecule has 1 saturated heterocycles. The van der Waals surface area contributed by atoms with E-state index in [1.165, 1.54) is 6.92 Å². The van der Waals surface area contributed by atoms with Gasteiger partial charge < -0.3 is 30.1 Å². The van der Waals surface area contributed by atoms with Gasteiger partial charge in [0.2, 0.25) is 5.91 Å². The monoisotopic (exact) mass is 353 g/mol. The summed E-state index contributed by atoms with van der Waals surface area (Å²) in [6, 6.07) is 8.80. The molecule has 2 rings (SSSR count). The molecule has 25 heavy (non-hydrogen) atoms. The Bertz CT molecular complexity index is 564. The molecule has 1 aromatic carbocycles. The molecule has 0 aromatic heterocycles. The molecule has 140 valence electrons. The van der Waals surface area contributed by atoms with Gasteiger partial charge in [0, 0.05) is 13.3 Å². The smallest absolute Gasteiger partial charge is 0.217 e. The van der Waals surface area contributed by atoms with Crippen LogP contribution in [0.4, 0.5) is 0 Å². The summed E-state index contributed by atoms with van der Waals surface area (Å²) in [5.41, 5.74) is 0.380. The van der Waals surface area contributed by atoms with Crippen molar-refractivity contribution in [3.63, 3.8) is 0 Å². The number of ether oxygens (including phenoxy) is 2. The van der Waals surface area contributed by atoms with Crippen LogP contribution in [0, 0.1) is 0 Å². The highest BCUT2D eigenvalue weighted by molar-refractivity contribution is 5.73. The first-order valence-electron chi connectivity index (χ1n) is 8.35. The number of rotatable bonds is 6. The quantitative estimate of drug-likeness (QED) is 0.572. The SMILES string of the molecule is CC(=O)N[C@@H]1[C@@H](OC(C)(C)Cc2ccccc2)[C@H](O)[C@@H](CO)O[C@@H]1O. The normalized spacial score (nSPS) is 30.1. The van der Waals surface area contributed by atoms with Gasteiger partial charge in [0.1, 0.15) is 24.4 Å². The molecular formula is C18H27NO6. The molecule has 1 amide bonds. The first kappa shape index (κ1) is 19.8. The fourth-order valence-electron chi connectivity index (χ4n) is 3.11. The Hall–Kier alpha value is -1.51. The summed E-state index contributed by atoms with van der Waals surface area (Å²) in [5, 5.41) is 32.6. The summed E-state index contributed by atoms with van der Waals surface area (Å²) >= 11 is 0. The van der Waals surface area contributed by atoms with E-state index in [0.29, 0.717) is 6.42 Å². The Morgan fingerprint density at radius 1 is 1.28 bits per heavy atom. The zero-order chi connectivity index (χ0) is 18.6. The van der Waals surface area contributed by atoms with Crippen LogP contribution in [0.2, 0.25) is 0 Å². The van der Waals surface area contributed by atoms with Gasteiger partial charge in [0.15, 0.2) is 6.29 Å². The van der Waals surface area contributed by atoms with Crippen LogP contribution in [0.15, 0.2) is 30.3 Å². The van der Waals surface area contributed by atoms with Crippen molar-refractivity contribution in [3.8, 4) is 0 Å². The van der Waals surface area contributed by atoms with Gasteiger partial charge in [0.25, 0.3) is 0 Å². The van der Waals surface area contributed by atoms with Crippen LogP contribution in [-0.2, 0) is 20.7 Å². The Labute approximate surface area is 147 Å². The predicted molar refractivity (Wildman–Crippen MR) is 90.7 cm³/mol. The minimum absolute atomic E-state index is 0.378. The minimum Gasteiger partial charge on any atom is -0.394 e. The van der Waals surface area contributed by atoms with Crippen LogP contribution in [0.5, 0.6) is 0 Å². The number of carbonyl (C=O) groups is 1. The van der Waals surface area contributed by atoms with E-state index in [1.54, 1.807) is 0 Å². The second-order valence-corrected chi connectivity index (χ2v) is 6.97. The third-order valence-corrected chi connectivity index (χ3v) is 4.17. The molecular weight excluding hydrogens is 326 g/mol. The van der Waals surface area contributed by atoms with Gasteiger partial charge in [-0.1, -0.05) is 30.3 Å². The molecule has 0 unspecified atom stereocenters. The molecule has 7 heteroatoms.